The summed E-state index contributed by atoms with van der Waals surface area (Å²) in [7, 11) is -3.85. The lowest BCUT2D eigenvalue weighted by molar-refractivity contribution is -0.143. The van der Waals surface area contributed by atoms with Gasteiger partial charge in [-0.1, -0.05) is 6.92 Å². The minimum absolute atomic E-state index is 0.0317. The van der Waals surface area contributed by atoms with Crippen molar-refractivity contribution in [2.24, 2.45) is 11.7 Å². The van der Waals surface area contributed by atoms with Crippen LogP contribution in [0.4, 0.5) is 0 Å². The first-order valence-electron chi connectivity index (χ1n) is 5.88. The van der Waals surface area contributed by atoms with E-state index in [2.05, 4.69) is 4.72 Å². The molecule has 0 unspecified atom stereocenters. The van der Waals surface area contributed by atoms with Crippen LogP contribution in [0.3, 0.4) is 0 Å². The third-order valence-electron chi connectivity index (χ3n) is 3.22. The lowest BCUT2D eigenvalue weighted by atomic mass is 9.90. The van der Waals surface area contributed by atoms with Crippen molar-refractivity contribution in [3.05, 3.63) is 0 Å². The first kappa shape index (κ1) is 16.3. The van der Waals surface area contributed by atoms with Gasteiger partial charge in [-0.05, 0) is 19.8 Å². The van der Waals surface area contributed by atoms with Gasteiger partial charge in [-0.2, -0.15) is 17.4 Å². The number of carbonyl (C=O) groups is 1. The summed E-state index contributed by atoms with van der Waals surface area (Å²) in [5, 5.41) is 18.6. The van der Waals surface area contributed by atoms with Crippen LogP contribution in [0.1, 0.15) is 20.8 Å². The number of aliphatic carboxylic acids is 1. The maximum absolute atomic E-state index is 12.0. The monoisotopic (exact) mass is 295 g/mol. The molecule has 8 nitrogen and oxygen atoms in total. The summed E-state index contributed by atoms with van der Waals surface area (Å²) < 4.78 is 27.2. The van der Waals surface area contributed by atoms with Gasteiger partial charge in [0.2, 0.25) is 0 Å². The Morgan fingerprint density at radius 2 is 2.11 bits per heavy atom. The Morgan fingerprint density at radius 3 is 2.47 bits per heavy atom. The molecule has 9 heteroatoms. The van der Waals surface area contributed by atoms with E-state index in [0.717, 1.165) is 4.31 Å². The SMILES string of the molecule is C[C@H]1CN(S(=O)(=O)NCC(C)(C)O)C[C@@]1(N)C(=O)O. The van der Waals surface area contributed by atoms with Crippen molar-refractivity contribution in [3.8, 4) is 0 Å². The number of nitrogens with one attached hydrogen (secondary N) is 1. The molecule has 1 saturated heterocycles. The predicted molar refractivity (Wildman–Crippen MR) is 68.5 cm³/mol. The molecule has 1 aliphatic rings. The average Bonchev–Trinajstić information content (AvgIpc) is 2.54. The summed E-state index contributed by atoms with van der Waals surface area (Å²) in [5.41, 5.74) is 2.96. The van der Waals surface area contributed by atoms with Crippen molar-refractivity contribution in [3.63, 3.8) is 0 Å². The number of nitrogens with two attached hydrogens (primary N) is 1. The van der Waals surface area contributed by atoms with Gasteiger partial charge in [0.05, 0.1) is 5.60 Å². The molecule has 1 aliphatic heterocycles. The molecule has 0 aliphatic carbocycles. The van der Waals surface area contributed by atoms with Gasteiger partial charge in [0.1, 0.15) is 5.54 Å². The molecule has 0 aromatic rings. The molecule has 0 aromatic heterocycles. The van der Waals surface area contributed by atoms with Crippen LogP contribution in [0, 0.1) is 5.92 Å². The summed E-state index contributed by atoms with van der Waals surface area (Å²) in [4.78, 5) is 11.1. The molecule has 0 saturated carbocycles. The fraction of sp³-hybridized carbons (Fsp3) is 0.900. The van der Waals surface area contributed by atoms with Gasteiger partial charge in [0, 0.05) is 19.6 Å². The van der Waals surface area contributed by atoms with Crippen molar-refractivity contribution < 1.29 is 23.4 Å². The fourth-order valence-corrected chi connectivity index (χ4v) is 3.32. The quantitative estimate of drug-likeness (QED) is 0.479. The molecule has 112 valence electrons. The molecule has 0 aromatic carbocycles. The highest BCUT2D eigenvalue weighted by Gasteiger charge is 2.50. The lowest BCUT2D eigenvalue weighted by Gasteiger charge is -2.23. The second-order valence-electron chi connectivity index (χ2n) is 5.68. The van der Waals surface area contributed by atoms with Crippen LogP contribution in [0.5, 0.6) is 0 Å². The van der Waals surface area contributed by atoms with E-state index in [1.807, 2.05) is 0 Å². The molecular formula is C10H21N3O5S. The molecule has 0 spiro atoms. The average molecular weight is 295 g/mol. The van der Waals surface area contributed by atoms with Crippen molar-refractivity contribution in [2.45, 2.75) is 31.9 Å². The summed E-state index contributed by atoms with van der Waals surface area (Å²) in [6.45, 7) is 4.11. The number of carboxylic acid groups (broad SMARTS) is 1. The van der Waals surface area contributed by atoms with Crippen LogP contribution in [0.15, 0.2) is 0 Å². The molecule has 0 bridgehead atoms. The highest BCUT2D eigenvalue weighted by atomic mass is 32.2. The van der Waals surface area contributed by atoms with E-state index in [4.69, 9.17) is 10.8 Å². The van der Waals surface area contributed by atoms with E-state index in [0.29, 0.717) is 0 Å². The van der Waals surface area contributed by atoms with Gasteiger partial charge >= 0.3 is 5.97 Å². The number of aliphatic hydroxyl groups is 1. The molecule has 5 N–H and O–H groups in total. The Kier molecular flexibility index (Phi) is 4.28. The highest BCUT2D eigenvalue weighted by molar-refractivity contribution is 7.87. The minimum Gasteiger partial charge on any atom is -0.480 e. The van der Waals surface area contributed by atoms with Gasteiger partial charge < -0.3 is 15.9 Å². The summed E-state index contributed by atoms with van der Waals surface area (Å²) >= 11 is 0. The van der Waals surface area contributed by atoms with E-state index in [1.165, 1.54) is 13.8 Å². The van der Waals surface area contributed by atoms with Crippen molar-refractivity contribution in [1.82, 2.24) is 9.03 Å². The summed E-state index contributed by atoms with van der Waals surface area (Å²) in [5.74, 6) is -1.72. The highest BCUT2D eigenvalue weighted by Crippen LogP contribution is 2.27. The van der Waals surface area contributed by atoms with Crippen LogP contribution in [0.2, 0.25) is 0 Å². The van der Waals surface area contributed by atoms with Gasteiger partial charge in [0.25, 0.3) is 10.2 Å². The number of rotatable bonds is 5. The summed E-state index contributed by atoms with van der Waals surface area (Å²) in [6.07, 6.45) is 0. The summed E-state index contributed by atoms with van der Waals surface area (Å²) in [6, 6.07) is 0. The normalized spacial score (nSPS) is 29.6. The zero-order valence-corrected chi connectivity index (χ0v) is 12.1. The molecule has 0 amide bonds. The Hall–Kier alpha value is -0.740. The second kappa shape index (κ2) is 4.98. The first-order valence-corrected chi connectivity index (χ1v) is 7.32. The van der Waals surface area contributed by atoms with E-state index in [1.54, 1.807) is 6.92 Å². The zero-order valence-electron chi connectivity index (χ0n) is 11.3. The molecule has 0 radical (unpaired) electrons. The molecule has 19 heavy (non-hydrogen) atoms. The molecular weight excluding hydrogens is 274 g/mol. The fourth-order valence-electron chi connectivity index (χ4n) is 1.80. The van der Waals surface area contributed by atoms with Gasteiger partial charge in [0.15, 0.2) is 0 Å². The number of nitrogens with zero attached hydrogens (tertiary/aromatic N) is 1. The second-order valence-corrected chi connectivity index (χ2v) is 7.43. The van der Waals surface area contributed by atoms with Gasteiger partial charge in [-0.3, -0.25) is 4.79 Å². The number of hydrogen-bond donors (Lipinski definition) is 4. The standard InChI is InChI=1S/C10H21N3O5S/c1-7-4-13(6-10(7,11)8(14)15)19(17,18)12-5-9(2,3)16/h7,12,16H,4-6,11H2,1-3H3,(H,14,15)/t7-,10-/m0/s1. The Labute approximate surface area is 112 Å². The molecule has 2 atom stereocenters. The van der Waals surface area contributed by atoms with E-state index in [-0.39, 0.29) is 19.6 Å². The lowest BCUT2D eigenvalue weighted by Crippen LogP contribution is -2.55. The van der Waals surface area contributed by atoms with Crippen molar-refractivity contribution in [2.75, 3.05) is 19.6 Å². The van der Waals surface area contributed by atoms with Crippen molar-refractivity contribution >= 4 is 16.2 Å². The van der Waals surface area contributed by atoms with Crippen LogP contribution in [-0.4, -0.2) is 59.7 Å². The molecule has 1 heterocycles. The smallest absolute Gasteiger partial charge is 0.325 e. The van der Waals surface area contributed by atoms with Gasteiger partial charge in [-0.15, -0.1) is 0 Å². The van der Waals surface area contributed by atoms with Crippen molar-refractivity contribution in [1.29, 1.82) is 0 Å². The number of hydrogen-bond acceptors (Lipinski definition) is 5. The third-order valence-corrected chi connectivity index (χ3v) is 4.69. The maximum atomic E-state index is 12.0. The molecule has 1 rings (SSSR count). The van der Waals surface area contributed by atoms with Crippen LogP contribution in [-0.2, 0) is 15.0 Å². The van der Waals surface area contributed by atoms with Crippen LogP contribution < -0.4 is 10.5 Å². The van der Waals surface area contributed by atoms with Crippen LogP contribution >= 0.6 is 0 Å². The Bertz CT molecular complexity index is 458. The zero-order chi connectivity index (χ0) is 15.1. The third kappa shape index (κ3) is 3.63. The van der Waals surface area contributed by atoms with E-state index in [9.17, 15) is 18.3 Å². The Balaban J connectivity index is 2.81. The largest absolute Gasteiger partial charge is 0.480 e. The predicted octanol–water partition coefficient (Wildman–Crippen LogP) is -1.67. The first-order chi connectivity index (χ1) is 8.38. The van der Waals surface area contributed by atoms with Crippen LogP contribution in [0.25, 0.3) is 0 Å². The minimum atomic E-state index is -3.85. The maximum Gasteiger partial charge on any atom is 0.325 e. The van der Waals surface area contributed by atoms with E-state index < -0.39 is 33.2 Å². The molecule has 1 fully saturated rings. The van der Waals surface area contributed by atoms with E-state index >= 15 is 0 Å². The number of carboxylic acids is 1. The topological polar surface area (TPSA) is 133 Å². The van der Waals surface area contributed by atoms with Gasteiger partial charge in [-0.25, -0.2) is 0 Å². The Morgan fingerprint density at radius 1 is 1.58 bits per heavy atom.